The number of rotatable bonds is 8. The number of hydrogen-bond donors (Lipinski definition) is 1. The van der Waals surface area contributed by atoms with Crippen LogP contribution in [-0.4, -0.2) is 6.54 Å². The Morgan fingerprint density at radius 3 is 1.42 bits per heavy atom. The SMILES string of the molecule is NCCc1ccc(OCc2ccc(C(F)(F)F)cc2)c(OCc2ccc(C(F)(F)F)cc2)c1. The predicted molar refractivity (Wildman–Crippen MR) is 111 cm³/mol. The number of benzene rings is 3. The molecule has 0 unspecified atom stereocenters. The molecule has 0 spiro atoms. The molecule has 0 aliphatic heterocycles. The highest BCUT2D eigenvalue weighted by molar-refractivity contribution is 5.43. The first-order valence-electron chi connectivity index (χ1n) is 9.97. The molecule has 3 aromatic rings. The molecule has 0 fully saturated rings. The zero-order valence-electron chi connectivity index (χ0n) is 17.3. The second-order valence-electron chi connectivity index (χ2n) is 7.29. The summed E-state index contributed by atoms with van der Waals surface area (Å²) in [6, 6.07) is 14.4. The zero-order chi connectivity index (χ0) is 24.1. The number of halogens is 6. The predicted octanol–water partition coefficient (Wildman–Crippen LogP) is 6.38. The summed E-state index contributed by atoms with van der Waals surface area (Å²) in [6.07, 6.45) is -8.26. The summed E-state index contributed by atoms with van der Waals surface area (Å²) in [6.45, 7) is 0.413. The standard InChI is InChI=1S/C24H21F6NO2/c25-23(26,27)19-6-1-17(2-7-19)14-32-21-10-5-16(11-12-31)13-22(21)33-15-18-3-8-20(9-4-18)24(28,29)30/h1-10,13H,11-12,14-15,31H2. The van der Waals surface area contributed by atoms with E-state index in [-0.39, 0.29) is 13.2 Å². The van der Waals surface area contributed by atoms with Gasteiger partial charge in [-0.1, -0.05) is 30.3 Å². The summed E-state index contributed by atoms with van der Waals surface area (Å²) in [5.74, 6) is 0.704. The second kappa shape index (κ2) is 10.2. The van der Waals surface area contributed by atoms with E-state index in [2.05, 4.69) is 0 Å². The lowest BCUT2D eigenvalue weighted by Crippen LogP contribution is -2.06. The van der Waals surface area contributed by atoms with Crippen LogP contribution < -0.4 is 15.2 Å². The number of hydrogen-bond acceptors (Lipinski definition) is 3. The number of nitrogens with two attached hydrogens (primary N) is 1. The van der Waals surface area contributed by atoms with Crippen molar-refractivity contribution in [2.45, 2.75) is 32.0 Å². The second-order valence-corrected chi connectivity index (χ2v) is 7.29. The van der Waals surface area contributed by atoms with Crippen LogP contribution in [0.25, 0.3) is 0 Å². The van der Waals surface area contributed by atoms with E-state index >= 15 is 0 Å². The maximum absolute atomic E-state index is 12.7. The van der Waals surface area contributed by atoms with Crippen LogP contribution in [0.3, 0.4) is 0 Å². The molecule has 0 amide bonds. The topological polar surface area (TPSA) is 44.5 Å². The normalized spacial score (nSPS) is 12.0. The molecule has 0 aliphatic rings. The van der Waals surface area contributed by atoms with Crippen molar-refractivity contribution in [1.29, 1.82) is 0 Å². The van der Waals surface area contributed by atoms with Gasteiger partial charge in [-0.15, -0.1) is 0 Å². The fourth-order valence-electron chi connectivity index (χ4n) is 3.01. The molecule has 0 saturated heterocycles. The van der Waals surface area contributed by atoms with Crippen LogP contribution in [0, 0.1) is 0 Å². The van der Waals surface area contributed by atoms with Crippen molar-refractivity contribution in [2.75, 3.05) is 6.54 Å². The summed E-state index contributed by atoms with van der Waals surface area (Å²) in [4.78, 5) is 0. The molecule has 0 radical (unpaired) electrons. The van der Waals surface area contributed by atoms with Crippen LogP contribution in [0.1, 0.15) is 27.8 Å². The van der Waals surface area contributed by atoms with Crippen LogP contribution in [0.2, 0.25) is 0 Å². The Bertz CT molecular complexity index is 1040. The van der Waals surface area contributed by atoms with Crippen LogP contribution >= 0.6 is 0 Å². The van der Waals surface area contributed by atoms with Gasteiger partial charge in [-0.25, -0.2) is 0 Å². The lowest BCUT2D eigenvalue weighted by Gasteiger charge is -2.15. The molecule has 176 valence electrons. The lowest BCUT2D eigenvalue weighted by atomic mass is 10.1. The zero-order valence-corrected chi connectivity index (χ0v) is 17.3. The molecule has 3 nitrogen and oxygen atoms in total. The van der Waals surface area contributed by atoms with E-state index in [0.717, 1.165) is 29.8 Å². The Hall–Kier alpha value is -3.20. The van der Waals surface area contributed by atoms with Gasteiger partial charge >= 0.3 is 12.4 Å². The third-order valence-electron chi connectivity index (χ3n) is 4.79. The van der Waals surface area contributed by atoms with Crippen LogP contribution in [-0.2, 0) is 32.0 Å². The number of ether oxygens (including phenoxy) is 2. The molecule has 9 heteroatoms. The van der Waals surface area contributed by atoms with Gasteiger partial charge in [0.1, 0.15) is 13.2 Å². The molecule has 3 rings (SSSR count). The van der Waals surface area contributed by atoms with E-state index in [0.29, 0.717) is 35.6 Å². The van der Waals surface area contributed by atoms with Gasteiger partial charge in [0.25, 0.3) is 0 Å². The van der Waals surface area contributed by atoms with Crippen molar-refractivity contribution < 1.29 is 35.8 Å². The summed E-state index contributed by atoms with van der Waals surface area (Å²) >= 11 is 0. The lowest BCUT2D eigenvalue weighted by molar-refractivity contribution is -0.138. The van der Waals surface area contributed by atoms with E-state index in [4.69, 9.17) is 15.2 Å². The third-order valence-corrected chi connectivity index (χ3v) is 4.79. The summed E-state index contributed by atoms with van der Waals surface area (Å²) in [7, 11) is 0. The largest absolute Gasteiger partial charge is 0.485 e. The molecule has 0 atom stereocenters. The smallest absolute Gasteiger partial charge is 0.416 e. The molecule has 2 N–H and O–H groups in total. The van der Waals surface area contributed by atoms with Crippen LogP contribution in [0.15, 0.2) is 66.7 Å². The van der Waals surface area contributed by atoms with Crippen LogP contribution in [0.5, 0.6) is 11.5 Å². The van der Waals surface area contributed by atoms with Crippen molar-refractivity contribution in [1.82, 2.24) is 0 Å². The van der Waals surface area contributed by atoms with E-state index in [1.807, 2.05) is 0 Å². The van der Waals surface area contributed by atoms with E-state index < -0.39 is 23.5 Å². The fourth-order valence-corrected chi connectivity index (χ4v) is 3.01. The van der Waals surface area contributed by atoms with Gasteiger partial charge in [0, 0.05) is 0 Å². The molecule has 3 aromatic carbocycles. The van der Waals surface area contributed by atoms with Gasteiger partial charge in [0.2, 0.25) is 0 Å². The minimum atomic E-state index is -4.42. The molecule has 0 aromatic heterocycles. The molecular weight excluding hydrogens is 448 g/mol. The Kier molecular flexibility index (Phi) is 7.53. The van der Waals surface area contributed by atoms with E-state index in [9.17, 15) is 26.3 Å². The highest BCUT2D eigenvalue weighted by atomic mass is 19.4. The Morgan fingerprint density at radius 1 is 0.576 bits per heavy atom. The third kappa shape index (κ3) is 6.89. The number of alkyl halides is 6. The average molecular weight is 469 g/mol. The van der Waals surface area contributed by atoms with E-state index in [1.54, 1.807) is 18.2 Å². The van der Waals surface area contributed by atoms with Gasteiger partial charge in [0.05, 0.1) is 11.1 Å². The minimum Gasteiger partial charge on any atom is -0.485 e. The highest BCUT2D eigenvalue weighted by Gasteiger charge is 2.30. The minimum absolute atomic E-state index is 0.000848. The maximum atomic E-state index is 12.7. The monoisotopic (exact) mass is 469 g/mol. The Morgan fingerprint density at radius 2 is 1.00 bits per heavy atom. The molecule has 0 bridgehead atoms. The van der Waals surface area contributed by atoms with Crippen molar-refractivity contribution in [2.24, 2.45) is 5.73 Å². The fraction of sp³-hybridized carbons (Fsp3) is 0.250. The molecular formula is C24H21F6NO2. The van der Waals surface area contributed by atoms with Crippen molar-refractivity contribution in [3.63, 3.8) is 0 Å². The Balaban J connectivity index is 1.71. The first-order valence-corrected chi connectivity index (χ1v) is 9.97. The quantitative estimate of drug-likeness (QED) is 0.389. The molecule has 0 saturated carbocycles. The van der Waals surface area contributed by atoms with E-state index in [1.165, 1.54) is 24.3 Å². The van der Waals surface area contributed by atoms with Crippen molar-refractivity contribution in [3.05, 3.63) is 94.5 Å². The maximum Gasteiger partial charge on any atom is 0.416 e. The molecule has 0 aliphatic carbocycles. The average Bonchev–Trinajstić information content (AvgIpc) is 2.76. The summed E-state index contributed by atoms with van der Waals surface area (Å²) in [5.41, 5.74) is 6.03. The van der Waals surface area contributed by atoms with Gasteiger partial charge in [-0.3, -0.25) is 0 Å². The summed E-state index contributed by atoms with van der Waals surface area (Å²) in [5, 5.41) is 0. The van der Waals surface area contributed by atoms with Crippen molar-refractivity contribution in [3.8, 4) is 11.5 Å². The molecule has 33 heavy (non-hydrogen) atoms. The Labute approximate surface area is 186 Å². The van der Waals surface area contributed by atoms with Gasteiger partial charge in [-0.2, -0.15) is 26.3 Å². The summed E-state index contributed by atoms with van der Waals surface area (Å²) < 4.78 is 87.9. The first kappa shape index (κ1) is 24.4. The van der Waals surface area contributed by atoms with Crippen LogP contribution in [0.4, 0.5) is 26.3 Å². The molecule has 0 heterocycles. The van der Waals surface area contributed by atoms with Crippen molar-refractivity contribution >= 4 is 0 Å². The van der Waals surface area contributed by atoms with Gasteiger partial charge < -0.3 is 15.2 Å². The highest BCUT2D eigenvalue weighted by Crippen LogP contribution is 2.33. The first-order chi connectivity index (χ1) is 15.6. The van der Waals surface area contributed by atoms with Gasteiger partial charge in [0.15, 0.2) is 11.5 Å². The van der Waals surface area contributed by atoms with Gasteiger partial charge in [-0.05, 0) is 66.1 Å².